The number of hydrazone groups is 1. The Morgan fingerprint density at radius 2 is 1.56 bits per heavy atom. The molecule has 0 amide bonds. The van der Waals surface area contributed by atoms with Crippen LogP contribution in [-0.4, -0.2) is 30.3 Å². The molecule has 10 heteroatoms. The van der Waals surface area contributed by atoms with Gasteiger partial charge in [0.2, 0.25) is 16.9 Å². The largest absolute Gasteiger partial charge is 0.312 e. The Labute approximate surface area is 197 Å². The number of nitrogens with one attached hydrogen (secondary N) is 1. The summed E-state index contributed by atoms with van der Waals surface area (Å²) in [6.45, 7) is 0. The van der Waals surface area contributed by atoms with E-state index < -0.39 is 0 Å². The first-order chi connectivity index (χ1) is 16.7. The van der Waals surface area contributed by atoms with Crippen LogP contribution in [0.3, 0.4) is 0 Å². The number of thiazole rings is 1. The minimum atomic E-state index is 0.268. The first-order valence-corrected chi connectivity index (χ1v) is 11.3. The van der Waals surface area contributed by atoms with E-state index in [2.05, 4.69) is 40.7 Å². The van der Waals surface area contributed by atoms with Crippen molar-refractivity contribution >= 4 is 60.5 Å². The van der Waals surface area contributed by atoms with Crippen molar-refractivity contribution in [3.8, 4) is 0 Å². The highest BCUT2D eigenvalue weighted by molar-refractivity contribution is 7.21. The lowest BCUT2D eigenvalue weighted by Gasteiger charge is -2.04. The van der Waals surface area contributed by atoms with Crippen LogP contribution in [0.5, 0.6) is 0 Å². The lowest BCUT2D eigenvalue weighted by molar-refractivity contribution is 0.941. The number of hydrogen-bond donors (Lipinski definition) is 1. The van der Waals surface area contributed by atoms with Crippen molar-refractivity contribution in [2.24, 2.45) is 22.4 Å². The zero-order valence-electron chi connectivity index (χ0n) is 18.0. The van der Waals surface area contributed by atoms with Gasteiger partial charge >= 0.3 is 0 Å². The van der Waals surface area contributed by atoms with Crippen LogP contribution in [0, 0.1) is 0 Å². The SMILES string of the molecule is Cn1c(N/N=C(\N=Nc2nc3ccccc3s2)c2cnc3ccccc3n2)nc2ccccc21. The molecule has 0 saturated heterocycles. The third kappa shape index (κ3) is 3.76. The molecule has 0 fully saturated rings. The standard InChI is InChI=1S/C24H17N9S/c1-33-20-12-6-4-10-17(20)27-23(33)31-29-22(19-14-25-15-8-2-3-9-16(15)26-19)30-32-24-28-18-11-5-7-13-21(18)34-24/h2-14H,1H3,(H,27,31)/b29-22-,32-30?. The zero-order valence-corrected chi connectivity index (χ0v) is 18.8. The van der Waals surface area contributed by atoms with E-state index in [-0.39, 0.29) is 5.84 Å². The Balaban J connectivity index is 1.40. The number of azo groups is 1. The molecule has 3 aromatic heterocycles. The molecule has 0 aliphatic heterocycles. The second-order valence-corrected chi connectivity index (χ2v) is 8.45. The van der Waals surface area contributed by atoms with Crippen LogP contribution >= 0.6 is 11.3 Å². The number of rotatable bonds is 4. The third-order valence-electron chi connectivity index (χ3n) is 5.24. The molecular weight excluding hydrogens is 446 g/mol. The second-order valence-electron chi connectivity index (χ2n) is 7.44. The van der Waals surface area contributed by atoms with E-state index in [1.54, 1.807) is 6.20 Å². The molecule has 3 heterocycles. The van der Waals surface area contributed by atoms with Gasteiger partial charge in [0.15, 0.2) is 0 Å². The fourth-order valence-corrected chi connectivity index (χ4v) is 4.32. The van der Waals surface area contributed by atoms with E-state index in [9.17, 15) is 0 Å². The normalized spacial score (nSPS) is 12.3. The molecular formula is C24H17N9S. The number of aryl methyl sites for hydroxylation is 1. The number of para-hydroxylation sites is 5. The monoisotopic (exact) mass is 463 g/mol. The molecule has 0 saturated carbocycles. The van der Waals surface area contributed by atoms with E-state index in [1.807, 2.05) is 84.4 Å². The van der Waals surface area contributed by atoms with Crippen LogP contribution in [0.15, 0.2) is 94.3 Å². The first kappa shape index (κ1) is 20.1. The van der Waals surface area contributed by atoms with Gasteiger partial charge in [-0.15, -0.1) is 15.3 Å². The quantitative estimate of drug-likeness (QED) is 0.157. The molecule has 0 atom stereocenters. The van der Waals surface area contributed by atoms with Crippen LogP contribution in [0.1, 0.15) is 5.69 Å². The number of fused-ring (bicyclic) bond motifs is 3. The molecule has 9 nitrogen and oxygen atoms in total. The highest BCUT2D eigenvalue weighted by Gasteiger charge is 2.11. The highest BCUT2D eigenvalue weighted by atomic mass is 32.1. The second kappa shape index (κ2) is 8.41. The van der Waals surface area contributed by atoms with Gasteiger partial charge in [-0.3, -0.25) is 4.98 Å². The zero-order chi connectivity index (χ0) is 22.9. The van der Waals surface area contributed by atoms with Gasteiger partial charge < -0.3 is 4.57 Å². The van der Waals surface area contributed by atoms with Crippen LogP contribution in [0.2, 0.25) is 0 Å². The molecule has 0 aliphatic carbocycles. The van der Waals surface area contributed by atoms with Crippen molar-refractivity contribution in [3.63, 3.8) is 0 Å². The van der Waals surface area contributed by atoms with Crippen molar-refractivity contribution in [1.82, 2.24) is 24.5 Å². The summed E-state index contributed by atoms with van der Waals surface area (Å²) in [7, 11) is 1.92. The number of aromatic nitrogens is 5. The van der Waals surface area contributed by atoms with Gasteiger partial charge in [-0.2, -0.15) is 0 Å². The van der Waals surface area contributed by atoms with Gasteiger partial charge in [0.1, 0.15) is 5.69 Å². The topological polar surface area (TPSA) is 106 Å². The lowest BCUT2D eigenvalue weighted by Crippen LogP contribution is -2.07. The molecule has 6 rings (SSSR count). The summed E-state index contributed by atoms with van der Waals surface area (Å²) in [4.78, 5) is 18.3. The van der Waals surface area contributed by atoms with Gasteiger partial charge in [-0.25, -0.2) is 20.4 Å². The molecule has 6 aromatic rings. The molecule has 0 spiro atoms. The van der Waals surface area contributed by atoms with E-state index >= 15 is 0 Å². The Bertz CT molecular complexity index is 1680. The van der Waals surface area contributed by atoms with Gasteiger partial charge in [0.05, 0.1) is 38.5 Å². The summed E-state index contributed by atoms with van der Waals surface area (Å²) in [6, 6.07) is 23.4. The average Bonchev–Trinajstić information content (AvgIpc) is 3.44. The van der Waals surface area contributed by atoms with Crippen molar-refractivity contribution in [1.29, 1.82) is 0 Å². The van der Waals surface area contributed by atoms with Crippen LogP contribution in [0.25, 0.3) is 32.3 Å². The number of nitrogens with zero attached hydrogens (tertiary/aromatic N) is 8. The summed E-state index contributed by atoms with van der Waals surface area (Å²) in [5, 5.41) is 13.8. The van der Waals surface area contributed by atoms with E-state index in [4.69, 9.17) is 0 Å². The first-order valence-electron chi connectivity index (χ1n) is 10.5. The molecule has 3 aromatic carbocycles. The number of imidazole rings is 1. The van der Waals surface area contributed by atoms with Gasteiger partial charge in [0, 0.05) is 7.05 Å². The molecule has 0 aliphatic rings. The van der Waals surface area contributed by atoms with Gasteiger partial charge in [0.25, 0.3) is 0 Å². The van der Waals surface area contributed by atoms with Crippen LogP contribution in [-0.2, 0) is 7.05 Å². The van der Waals surface area contributed by atoms with Crippen LogP contribution in [0.4, 0.5) is 11.1 Å². The summed E-state index contributed by atoms with van der Waals surface area (Å²) in [5.74, 6) is 0.840. The molecule has 1 N–H and O–H groups in total. The molecule has 0 radical (unpaired) electrons. The number of anilines is 1. The predicted octanol–water partition coefficient (Wildman–Crippen LogP) is 5.68. The van der Waals surface area contributed by atoms with E-state index in [0.717, 1.165) is 32.3 Å². The smallest absolute Gasteiger partial charge is 0.231 e. The maximum atomic E-state index is 4.68. The molecule has 0 bridgehead atoms. The minimum absolute atomic E-state index is 0.268. The number of amidine groups is 1. The summed E-state index contributed by atoms with van der Waals surface area (Å²) in [6.07, 6.45) is 1.63. The van der Waals surface area contributed by atoms with E-state index in [1.165, 1.54) is 11.3 Å². The molecule has 164 valence electrons. The molecule has 0 unspecified atom stereocenters. The summed E-state index contributed by atoms with van der Waals surface area (Å²) >= 11 is 1.46. The maximum Gasteiger partial charge on any atom is 0.231 e. The molecule has 34 heavy (non-hydrogen) atoms. The average molecular weight is 464 g/mol. The van der Waals surface area contributed by atoms with Crippen molar-refractivity contribution in [2.75, 3.05) is 5.43 Å². The Hall–Kier alpha value is -4.57. The summed E-state index contributed by atoms with van der Waals surface area (Å²) in [5.41, 5.74) is 7.76. The predicted molar refractivity (Wildman–Crippen MR) is 135 cm³/mol. The highest BCUT2D eigenvalue weighted by Crippen LogP contribution is 2.28. The Kier molecular flexibility index (Phi) is 4.96. The number of benzene rings is 3. The van der Waals surface area contributed by atoms with Gasteiger partial charge in [-0.1, -0.05) is 47.7 Å². The maximum absolute atomic E-state index is 4.68. The van der Waals surface area contributed by atoms with Crippen LogP contribution < -0.4 is 5.43 Å². The van der Waals surface area contributed by atoms with Crippen molar-refractivity contribution in [2.45, 2.75) is 0 Å². The van der Waals surface area contributed by atoms with E-state index in [0.29, 0.717) is 16.8 Å². The summed E-state index contributed by atoms with van der Waals surface area (Å²) < 4.78 is 2.96. The minimum Gasteiger partial charge on any atom is -0.312 e. The Morgan fingerprint density at radius 1 is 0.824 bits per heavy atom. The van der Waals surface area contributed by atoms with Gasteiger partial charge in [-0.05, 0) is 36.4 Å². The Morgan fingerprint density at radius 3 is 2.38 bits per heavy atom. The lowest BCUT2D eigenvalue weighted by atomic mass is 10.3. The third-order valence-corrected chi connectivity index (χ3v) is 6.16. The number of hydrogen-bond acceptors (Lipinski definition) is 8. The van der Waals surface area contributed by atoms with Crippen molar-refractivity contribution < 1.29 is 0 Å². The fourth-order valence-electron chi connectivity index (χ4n) is 3.54. The van der Waals surface area contributed by atoms with Crippen molar-refractivity contribution in [3.05, 3.63) is 84.7 Å². The fraction of sp³-hybridized carbons (Fsp3) is 0.0417.